The smallest absolute Gasteiger partial charge is 0.414 e. The maximum Gasteiger partial charge on any atom is 0.414 e. The van der Waals surface area contributed by atoms with Crippen molar-refractivity contribution in [2.45, 2.75) is 32.3 Å². The van der Waals surface area contributed by atoms with Gasteiger partial charge < -0.3 is 19.8 Å². The second kappa shape index (κ2) is 7.33. The van der Waals surface area contributed by atoms with E-state index in [-0.39, 0.29) is 0 Å². The highest BCUT2D eigenvalue weighted by atomic mass is 16.5. The average molecular weight is 259 g/mol. The second-order valence-corrected chi connectivity index (χ2v) is 4.69. The van der Waals surface area contributed by atoms with Crippen LogP contribution in [0.4, 0.5) is 0 Å². The molecule has 6 nitrogen and oxygen atoms in total. The number of rotatable bonds is 2. The lowest BCUT2D eigenvalue weighted by Crippen LogP contribution is -2.47. The Balaban J connectivity index is 0.000000232. The molecule has 2 aliphatic rings. The normalized spacial score (nSPS) is 29.9. The van der Waals surface area contributed by atoms with E-state index in [1.807, 2.05) is 0 Å². The fraction of sp³-hybridized carbons (Fsp3) is 0.833. The number of carboxylic acid groups (broad SMARTS) is 2. The van der Waals surface area contributed by atoms with Crippen molar-refractivity contribution in [2.24, 2.45) is 5.92 Å². The number of nitrogens with zero attached hydrogens (tertiary/aromatic N) is 1. The third-order valence-electron chi connectivity index (χ3n) is 3.25. The lowest BCUT2D eigenvalue weighted by molar-refractivity contribution is -0.159. The van der Waals surface area contributed by atoms with Crippen LogP contribution in [0.1, 0.15) is 26.2 Å². The Hall–Kier alpha value is -1.14. The highest BCUT2D eigenvalue weighted by Gasteiger charge is 2.29. The third-order valence-corrected chi connectivity index (χ3v) is 3.25. The van der Waals surface area contributed by atoms with Crippen LogP contribution in [0, 0.1) is 5.92 Å². The predicted octanol–water partition coefficient (Wildman–Crippen LogP) is 0.663. The van der Waals surface area contributed by atoms with Crippen molar-refractivity contribution in [3.05, 3.63) is 0 Å². The van der Waals surface area contributed by atoms with E-state index in [9.17, 15) is 0 Å². The van der Waals surface area contributed by atoms with E-state index < -0.39 is 11.9 Å². The molecule has 2 fully saturated rings. The van der Waals surface area contributed by atoms with E-state index in [2.05, 4.69) is 11.8 Å². The van der Waals surface area contributed by atoms with Gasteiger partial charge in [-0.25, -0.2) is 9.59 Å². The molecule has 0 aromatic heterocycles. The van der Waals surface area contributed by atoms with Crippen LogP contribution in [0.25, 0.3) is 0 Å². The Bertz CT molecular complexity index is 270. The van der Waals surface area contributed by atoms with E-state index in [4.69, 9.17) is 24.5 Å². The molecule has 18 heavy (non-hydrogen) atoms. The number of carboxylic acids is 2. The van der Waals surface area contributed by atoms with Crippen LogP contribution >= 0.6 is 0 Å². The zero-order valence-corrected chi connectivity index (χ0v) is 10.7. The molecule has 0 radical (unpaired) electrons. The van der Waals surface area contributed by atoms with Crippen molar-refractivity contribution in [3.63, 3.8) is 0 Å². The molecule has 0 aliphatic carbocycles. The Kier molecular flexibility index (Phi) is 6.07. The number of aliphatic carboxylic acids is 2. The van der Waals surface area contributed by atoms with Crippen molar-refractivity contribution in [2.75, 3.05) is 26.2 Å². The Morgan fingerprint density at radius 1 is 1.28 bits per heavy atom. The zero-order chi connectivity index (χ0) is 13.5. The van der Waals surface area contributed by atoms with Gasteiger partial charge in [-0.15, -0.1) is 0 Å². The first kappa shape index (κ1) is 14.9. The zero-order valence-electron chi connectivity index (χ0n) is 10.7. The van der Waals surface area contributed by atoms with Crippen molar-refractivity contribution < 1.29 is 24.5 Å². The van der Waals surface area contributed by atoms with Gasteiger partial charge >= 0.3 is 11.9 Å². The van der Waals surface area contributed by atoms with E-state index in [1.165, 1.54) is 38.9 Å². The minimum Gasteiger partial charge on any atom is -0.473 e. The summed E-state index contributed by atoms with van der Waals surface area (Å²) in [6.07, 6.45) is 4.68. The maximum absolute atomic E-state index is 9.10. The highest BCUT2D eigenvalue weighted by molar-refractivity contribution is 6.27. The van der Waals surface area contributed by atoms with Crippen LogP contribution in [-0.2, 0) is 14.3 Å². The summed E-state index contributed by atoms with van der Waals surface area (Å²) >= 11 is 0. The molecule has 2 N–H and O–H groups in total. The Morgan fingerprint density at radius 3 is 2.44 bits per heavy atom. The molecule has 0 aromatic carbocycles. The summed E-state index contributed by atoms with van der Waals surface area (Å²) in [6, 6.07) is 0. The number of carbonyl (C=O) groups is 2. The van der Waals surface area contributed by atoms with Crippen LogP contribution in [0.2, 0.25) is 0 Å². The lowest BCUT2D eigenvalue weighted by Gasteiger charge is -2.41. The fourth-order valence-corrected chi connectivity index (χ4v) is 2.60. The summed E-state index contributed by atoms with van der Waals surface area (Å²) in [5.74, 6) is -2.71. The molecule has 2 bridgehead atoms. The number of ether oxygens (including phenoxy) is 1. The van der Waals surface area contributed by atoms with Gasteiger partial charge in [0.2, 0.25) is 0 Å². The number of fused-ring (bicyclic) bond motifs is 2. The predicted molar refractivity (Wildman–Crippen MR) is 64.5 cm³/mol. The molecule has 2 heterocycles. The first-order valence-corrected chi connectivity index (χ1v) is 6.33. The molecule has 3 unspecified atom stereocenters. The number of hydrogen-bond acceptors (Lipinski definition) is 4. The molecule has 104 valence electrons. The van der Waals surface area contributed by atoms with Crippen LogP contribution < -0.4 is 0 Å². The van der Waals surface area contributed by atoms with Gasteiger partial charge in [0.1, 0.15) is 0 Å². The molecule has 0 spiro atoms. The van der Waals surface area contributed by atoms with Gasteiger partial charge in [-0.05, 0) is 38.6 Å². The van der Waals surface area contributed by atoms with E-state index in [0.29, 0.717) is 6.10 Å². The Morgan fingerprint density at radius 2 is 1.94 bits per heavy atom. The third kappa shape index (κ3) is 5.01. The van der Waals surface area contributed by atoms with Gasteiger partial charge in [0.15, 0.2) is 0 Å². The van der Waals surface area contributed by atoms with Crippen molar-refractivity contribution >= 4 is 11.9 Å². The standard InChI is InChI=1S/C10H19NO.C2H2O4/c1-2-12-10-6-9-4-3-5-11(7-9)8-10;3-1(4)2(5)6/h9-10H,2-8H2,1H3;(H,3,4)(H,5,6). The minimum absolute atomic E-state index is 0.536. The summed E-state index contributed by atoms with van der Waals surface area (Å²) in [4.78, 5) is 20.8. The van der Waals surface area contributed by atoms with E-state index in [1.54, 1.807) is 0 Å². The fourth-order valence-electron chi connectivity index (χ4n) is 2.60. The van der Waals surface area contributed by atoms with Crippen LogP contribution in [0.3, 0.4) is 0 Å². The minimum atomic E-state index is -1.82. The monoisotopic (exact) mass is 259 g/mol. The van der Waals surface area contributed by atoms with Gasteiger partial charge in [-0.3, -0.25) is 0 Å². The molecule has 2 saturated heterocycles. The summed E-state index contributed by atoms with van der Waals surface area (Å²) in [5, 5.41) is 14.8. The van der Waals surface area contributed by atoms with Crippen molar-refractivity contribution in [1.82, 2.24) is 4.90 Å². The lowest BCUT2D eigenvalue weighted by atomic mass is 9.88. The van der Waals surface area contributed by atoms with Crippen molar-refractivity contribution in [1.29, 1.82) is 0 Å². The topological polar surface area (TPSA) is 87.1 Å². The summed E-state index contributed by atoms with van der Waals surface area (Å²) in [7, 11) is 0. The molecule has 2 rings (SSSR count). The molecular formula is C12H21NO5. The maximum atomic E-state index is 9.10. The first-order chi connectivity index (χ1) is 8.52. The first-order valence-electron chi connectivity index (χ1n) is 6.33. The van der Waals surface area contributed by atoms with E-state index in [0.717, 1.165) is 12.5 Å². The van der Waals surface area contributed by atoms with E-state index >= 15 is 0 Å². The largest absolute Gasteiger partial charge is 0.473 e. The SMILES string of the molecule is CCOC1CC2CCCN(C2)C1.O=C(O)C(=O)O. The Labute approximate surface area is 107 Å². The molecule has 2 aliphatic heterocycles. The van der Waals surface area contributed by atoms with Crippen LogP contribution in [0.5, 0.6) is 0 Å². The second-order valence-electron chi connectivity index (χ2n) is 4.69. The molecule has 6 heteroatoms. The average Bonchev–Trinajstić information content (AvgIpc) is 2.29. The van der Waals surface area contributed by atoms with Crippen LogP contribution in [0.15, 0.2) is 0 Å². The van der Waals surface area contributed by atoms with Gasteiger partial charge in [0.25, 0.3) is 0 Å². The van der Waals surface area contributed by atoms with Gasteiger partial charge in [-0.2, -0.15) is 0 Å². The molecule has 0 saturated carbocycles. The number of hydrogen-bond donors (Lipinski definition) is 2. The van der Waals surface area contributed by atoms with Crippen LogP contribution in [-0.4, -0.2) is 59.4 Å². The highest BCUT2D eigenvalue weighted by Crippen LogP contribution is 2.27. The summed E-state index contributed by atoms with van der Waals surface area (Å²) < 4.78 is 5.68. The number of piperidine rings is 2. The van der Waals surface area contributed by atoms with Crippen molar-refractivity contribution in [3.8, 4) is 0 Å². The summed E-state index contributed by atoms with van der Waals surface area (Å²) in [5.41, 5.74) is 0. The molecule has 0 amide bonds. The van der Waals surface area contributed by atoms with Gasteiger partial charge in [0, 0.05) is 19.7 Å². The molecular weight excluding hydrogens is 238 g/mol. The van der Waals surface area contributed by atoms with Gasteiger partial charge in [-0.1, -0.05) is 0 Å². The van der Waals surface area contributed by atoms with Gasteiger partial charge in [0.05, 0.1) is 6.10 Å². The summed E-state index contributed by atoms with van der Waals surface area (Å²) in [6.45, 7) is 6.80. The quantitative estimate of drug-likeness (QED) is 0.708. The molecule has 0 aromatic rings. The molecule has 3 atom stereocenters.